The highest BCUT2D eigenvalue weighted by Gasteiger charge is 2.33. The van der Waals surface area contributed by atoms with Crippen molar-refractivity contribution in [3.05, 3.63) is 39.9 Å². The van der Waals surface area contributed by atoms with Gasteiger partial charge < -0.3 is 4.90 Å². The van der Waals surface area contributed by atoms with Crippen LogP contribution in [-0.2, 0) is 22.8 Å². The van der Waals surface area contributed by atoms with Gasteiger partial charge in [0.2, 0.25) is 0 Å². The molecule has 1 atom stereocenters. The minimum atomic E-state index is -3.06. The first-order valence-electron chi connectivity index (χ1n) is 9.87. The van der Waals surface area contributed by atoms with Gasteiger partial charge in [0.15, 0.2) is 9.84 Å². The van der Waals surface area contributed by atoms with Crippen molar-refractivity contribution in [1.82, 2.24) is 14.5 Å². The van der Waals surface area contributed by atoms with Crippen LogP contribution >= 0.6 is 0 Å². The molecule has 1 saturated heterocycles. The lowest BCUT2D eigenvalue weighted by Crippen LogP contribution is -2.37. The molecule has 0 spiro atoms. The summed E-state index contributed by atoms with van der Waals surface area (Å²) >= 11 is 0. The minimum Gasteiger partial charge on any atom is -0.338 e. The van der Waals surface area contributed by atoms with Gasteiger partial charge in [-0.2, -0.15) is 0 Å². The summed E-state index contributed by atoms with van der Waals surface area (Å²) in [6, 6.07) is 4.67. The maximum atomic E-state index is 12.9. The number of rotatable bonds is 2. The number of carbonyl (C=O) groups is 1. The summed E-state index contributed by atoms with van der Waals surface area (Å²) < 4.78 is 25.2. The van der Waals surface area contributed by atoms with Crippen LogP contribution in [0.25, 0.3) is 10.9 Å². The van der Waals surface area contributed by atoms with Gasteiger partial charge in [0.1, 0.15) is 5.82 Å². The third-order valence-electron chi connectivity index (χ3n) is 5.89. The summed E-state index contributed by atoms with van der Waals surface area (Å²) in [5.74, 6) is 0.683. The highest BCUT2D eigenvalue weighted by atomic mass is 32.2. The summed E-state index contributed by atoms with van der Waals surface area (Å²) in [4.78, 5) is 32.0. The summed E-state index contributed by atoms with van der Waals surface area (Å²) in [6.07, 6.45) is 5.48. The second-order valence-electron chi connectivity index (χ2n) is 7.85. The van der Waals surface area contributed by atoms with E-state index in [4.69, 9.17) is 4.98 Å². The zero-order valence-electron chi connectivity index (χ0n) is 16.1. The van der Waals surface area contributed by atoms with Crippen LogP contribution in [0.2, 0.25) is 0 Å². The van der Waals surface area contributed by atoms with E-state index < -0.39 is 9.84 Å². The molecular formula is C20H25N3O4S. The van der Waals surface area contributed by atoms with E-state index in [2.05, 4.69) is 0 Å². The minimum absolute atomic E-state index is 0.00985. The number of aromatic nitrogens is 2. The number of hydrogen-bond acceptors (Lipinski definition) is 5. The fourth-order valence-corrected chi connectivity index (χ4v) is 5.95. The molecule has 28 heavy (non-hydrogen) atoms. The number of hydrogen-bond donors (Lipinski definition) is 0. The molecule has 0 N–H and O–H groups in total. The summed E-state index contributed by atoms with van der Waals surface area (Å²) in [7, 11) is -1.42. The van der Waals surface area contributed by atoms with E-state index in [1.165, 1.54) is 4.90 Å². The van der Waals surface area contributed by atoms with Gasteiger partial charge in [-0.15, -0.1) is 0 Å². The molecule has 2 aromatic rings. The predicted molar refractivity (Wildman–Crippen MR) is 107 cm³/mol. The van der Waals surface area contributed by atoms with Crippen molar-refractivity contribution in [2.45, 2.75) is 51.1 Å². The number of nitrogens with zero attached hydrogens (tertiary/aromatic N) is 3. The lowest BCUT2D eigenvalue weighted by atomic mass is 10.1. The van der Waals surface area contributed by atoms with Crippen LogP contribution in [0.1, 0.15) is 48.3 Å². The highest BCUT2D eigenvalue weighted by Crippen LogP contribution is 2.21. The van der Waals surface area contributed by atoms with Gasteiger partial charge in [-0.05, 0) is 37.5 Å². The quantitative estimate of drug-likeness (QED) is 0.762. The van der Waals surface area contributed by atoms with Crippen molar-refractivity contribution in [1.29, 1.82) is 0 Å². The highest BCUT2D eigenvalue weighted by molar-refractivity contribution is 7.91. The number of sulfone groups is 1. The fourth-order valence-electron chi connectivity index (χ4n) is 4.18. The number of fused-ring (bicyclic) bond motifs is 2. The third-order valence-corrected chi connectivity index (χ3v) is 7.64. The molecule has 0 aliphatic carbocycles. The van der Waals surface area contributed by atoms with Crippen LogP contribution in [-0.4, -0.2) is 53.4 Å². The molecule has 1 fully saturated rings. The molecule has 2 aliphatic heterocycles. The van der Waals surface area contributed by atoms with Crippen molar-refractivity contribution in [2.24, 2.45) is 0 Å². The van der Waals surface area contributed by atoms with Gasteiger partial charge in [0, 0.05) is 31.6 Å². The Hall–Kier alpha value is -2.22. The van der Waals surface area contributed by atoms with E-state index in [0.717, 1.165) is 37.9 Å². The van der Waals surface area contributed by atoms with Crippen molar-refractivity contribution in [3.63, 3.8) is 0 Å². The predicted octanol–water partition coefficient (Wildman–Crippen LogP) is 1.77. The van der Waals surface area contributed by atoms with Gasteiger partial charge in [0.25, 0.3) is 11.5 Å². The molecule has 0 saturated carbocycles. The lowest BCUT2D eigenvalue weighted by Gasteiger charge is -2.23. The molecule has 3 heterocycles. The van der Waals surface area contributed by atoms with E-state index in [-0.39, 0.29) is 29.0 Å². The average Bonchev–Trinajstić information content (AvgIpc) is 3.01. The van der Waals surface area contributed by atoms with Crippen LogP contribution in [0.4, 0.5) is 0 Å². The van der Waals surface area contributed by atoms with Gasteiger partial charge in [-0.1, -0.05) is 12.8 Å². The molecule has 8 heteroatoms. The molecule has 4 rings (SSSR count). The van der Waals surface area contributed by atoms with Crippen LogP contribution in [0, 0.1) is 0 Å². The second-order valence-corrected chi connectivity index (χ2v) is 10.1. The normalized spacial score (nSPS) is 21.7. The van der Waals surface area contributed by atoms with E-state index in [1.807, 2.05) is 0 Å². The lowest BCUT2D eigenvalue weighted by molar-refractivity contribution is 0.0748. The molecule has 2 aliphatic rings. The standard InChI is InChI=1S/C20H25N3O4S/c1-22(15-9-11-28(26,27)13-15)19(24)14-7-8-16-17(12-14)21-18-6-4-2-3-5-10-23(18)20(16)25/h7-8,12,15H,2-6,9-11,13H2,1H3. The molecule has 0 radical (unpaired) electrons. The zero-order chi connectivity index (χ0) is 19.9. The first-order chi connectivity index (χ1) is 13.4. The topological polar surface area (TPSA) is 89.3 Å². The van der Waals surface area contributed by atoms with Gasteiger partial charge in [-0.25, -0.2) is 13.4 Å². The molecule has 150 valence electrons. The van der Waals surface area contributed by atoms with Crippen LogP contribution < -0.4 is 5.56 Å². The van der Waals surface area contributed by atoms with Gasteiger partial charge in [0.05, 0.1) is 22.4 Å². The Morgan fingerprint density at radius 1 is 1.21 bits per heavy atom. The third kappa shape index (κ3) is 3.57. The first-order valence-corrected chi connectivity index (χ1v) is 11.7. The van der Waals surface area contributed by atoms with Gasteiger partial charge >= 0.3 is 0 Å². The second kappa shape index (κ2) is 7.31. The largest absolute Gasteiger partial charge is 0.338 e. The maximum Gasteiger partial charge on any atom is 0.261 e. The van der Waals surface area contributed by atoms with E-state index in [0.29, 0.717) is 29.4 Å². The van der Waals surface area contributed by atoms with Crippen LogP contribution in [0.15, 0.2) is 23.0 Å². The van der Waals surface area contributed by atoms with Crippen LogP contribution in [0.5, 0.6) is 0 Å². The van der Waals surface area contributed by atoms with Gasteiger partial charge in [-0.3, -0.25) is 14.2 Å². The Labute approximate surface area is 164 Å². The van der Waals surface area contributed by atoms with Crippen molar-refractivity contribution in [2.75, 3.05) is 18.6 Å². The molecular weight excluding hydrogens is 378 g/mol. The molecule has 1 amide bonds. The van der Waals surface area contributed by atoms with Crippen molar-refractivity contribution < 1.29 is 13.2 Å². The Kier molecular flexibility index (Phi) is 4.99. The van der Waals surface area contributed by atoms with E-state index in [1.54, 1.807) is 29.8 Å². The molecule has 1 aromatic heterocycles. The zero-order valence-corrected chi connectivity index (χ0v) is 16.9. The monoisotopic (exact) mass is 403 g/mol. The van der Waals surface area contributed by atoms with Crippen LogP contribution in [0.3, 0.4) is 0 Å². The molecule has 1 aromatic carbocycles. The summed E-state index contributed by atoms with van der Waals surface area (Å²) in [5, 5.41) is 0.520. The number of carbonyl (C=O) groups excluding carboxylic acids is 1. The number of benzene rings is 1. The average molecular weight is 404 g/mol. The first kappa shape index (κ1) is 19.1. The Balaban J connectivity index is 1.68. The number of aryl methyl sites for hydroxylation is 1. The summed E-state index contributed by atoms with van der Waals surface area (Å²) in [5.41, 5.74) is 0.924. The maximum absolute atomic E-state index is 12.9. The summed E-state index contributed by atoms with van der Waals surface area (Å²) in [6.45, 7) is 0.691. The Morgan fingerprint density at radius 3 is 2.75 bits per heavy atom. The Morgan fingerprint density at radius 2 is 2.00 bits per heavy atom. The SMILES string of the molecule is CN(C(=O)c1ccc2c(=O)n3c(nc2c1)CCCCCC3)C1CCS(=O)(=O)C1. The van der Waals surface area contributed by atoms with E-state index >= 15 is 0 Å². The van der Waals surface area contributed by atoms with E-state index in [9.17, 15) is 18.0 Å². The smallest absolute Gasteiger partial charge is 0.261 e. The number of amides is 1. The molecule has 1 unspecified atom stereocenters. The molecule has 7 nitrogen and oxygen atoms in total. The van der Waals surface area contributed by atoms with Crippen molar-refractivity contribution in [3.8, 4) is 0 Å². The van der Waals surface area contributed by atoms with Crippen molar-refractivity contribution >= 4 is 26.6 Å². The Bertz CT molecular complexity index is 1090. The molecule has 0 bridgehead atoms. The fraction of sp³-hybridized carbons (Fsp3) is 0.550.